The quantitative estimate of drug-likeness (QED) is 0.609. The minimum absolute atomic E-state index is 0.141. The van der Waals surface area contributed by atoms with Crippen LogP contribution in [0.25, 0.3) is 0 Å². The van der Waals surface area contributed by atoms with Crippen molar-refractivity contribution < 1.29 is 28.8 Å². The topological polar surface area (TPSA) is 71.1 Å². The molecule has 6 heteroatoms. The normalized spacial score (nSPS) is 35.4. The third kappa shape index (κ3) is 1.57. The average molecular weight is 340 g/mol. The molecule has 6 nitrogen and oxygen atoms in total. The molecule has 4 atom stereocenters. The third-order valence-electron chi connectivity index (χ3n) is 6.01. The number of carbonyl (C=O) groups excluding carboxylic acids is 2. The van der Waals surface area contributed by atoms with Gasteiger partial charge >= 0.3 is 11.9 Å². The number of ether oxygens (including phenoxy) is 2. The number of rotatable bonds is 2. The van der Waals surface area contributed by atoms with Gasteiger partial charge in [0.15, 0.2) is 0 Å². The predicted octanol–water partition coefficient (Wildman–Crippen LogP) is 2.82. The zero-order chi connectivity index (χ0) is 17.4. The lowest BCUT2D eigenvalue weighted by Crippen LogP contribution is -2.40. The van der Waals surface area contributed by atoms with E-state index in [1.54, 1.807) is 12.1 Å². The Hall–Kier alpha value is -2.44. The lowest BCUT2D eigenvalue weighted by Gasteiger charge is -2.46. The zero-order valence-corrected chi connectivity index (χ0v) is 13.8. The summed E-state index contributed by atoms with van der Waals surface area (Å²) in [4.78, 5) is 35.7. The van der Waals surface area contributed by atoms with Crippen LogP contribution in [0.4, 0.5) is 0 Å². The monoisotopic (exact) mass is 340 g/mol. The maximum atomic E-state index is 12.2. The van der Waals surface area contributed by atoms with E-state index < -0.39 is 11.9 Å². The highest BCUT2D eigenvalue weighted by molar-refractivity contribution is 6.03. The van der Waals surface area contributed by atoms with Crippen molar-refractivity contribution in [3.63, 3.8) is 0 Å². The SMILES string of the molecule is COC(=O)c1cc2c(cc1C(=O)OC)[C@@H]1OO[C@H]2[C@@]23C=CC=C[C@@]12C3. The van der Waals surface area contributed by atoms with Gasteiger partial charge in [0.05, 0.1) is 25.3 Å². The van der Waals surface area contributed by atoms with Gasteiger partial charge in [0, 0.05) is 10.8 Å². The molecule has 0 unspecified atom stereocenters. The predicted molar refractivity (Wildman–Crippen MR) is 84.5 cm³/mol. The molecule has 1 aromatic rings. The second-order valence-electron chi connectivity index (χ2n) is 6.94. The number of hydrogen-bond donors (Lipinski definition) is 0. The number of carbonyl (C=O) groups is 2. The Kier molecular flexibility index (Phi) is 2.73. The van der Waals surface area contributed by atoms with Crippen molar-refractivity contribution in [2.24, 2.45) is 10.8 Å². The van der Waals surface area contributed by atoms with Gasteiger partial charge in [-0.05, 0) is 29.7 Å². The molecule has 2 fully saturated rings. The molecule has 3 aliphatic carbocycles. The summed E-state index contributed by atoms with van der Waals surface area (Å²) in [7, 11) is 2.57. The highest BCUT2D eigenvalue weighted by Gasteiger charge is 2.79. The molecule has 0 aromatic heterocycles. The lowest BCUT2D eigenvalue weighted by atomic mass is 9.69. The first-order valence-electron chi connectivity index (χ1n) is 8.11. The Morgan fingerprint density at radius 2 is 1.36 bits per heavy atom. The highest BCUT2D eigenvalue weighted by atomic mass is 17.2. The van der Waals surface area contributed by atoms with E-state index >= 15 is 0 Å². The molecule has 1 aromatic carbocycles. The molecule has 0 spiro atoms. The van der Waals surface area contributed by atoms with Crippen molar-refractivity contribution in [2.75, 3.05) is 14.2 Å². The Balaban J connectivity index is 1.74. The average Bonchev–Trinajstić information content (AvgIpc) is 3.38. The molecule has 2 heterocycles. The highest BCUT2D eigenvalue weighted by Crippen LogP contribution is 2.83. The van der Waals surface area contributed by atoms with Gasteiger partial charge in [-0.15, -0.1) is 0 Å². The van der Waals surface area contributed by atoms with Gasteiger partial charge in [0.1, 0.15) is 12.2 Å². The van der Waals surface area contributed by atoms with Crippen molar-refractivity contribution in [1.29, 1.82) is 0 Å². The molecular formula is C19H16O6. The van der Waals surface area contributed by atoms with Gasteiger partial charge in [-0.25, -0.2) is 19.4 Å². The number of allylic oxidation sites excluding steroid dienone is 2. The summed E-state index contributed by atoms with van der Waals surface area (Å²) in [5, 5.41) is 0. The van der Waals surface area contributed by atoms with Crippen molar-refractivity contribution in [1.82, 2.24) is 0 Å². The van der Waals surface area contributed by atoms with Gasteiger partial charge in [-0.3, -0.25) is 0 Å². The van der Waals surface area contributed by atoms with E-state index in [0.29, 0.717) is 0 Å². The fourth-order valence-electron chi connectivity index (χ4n) is 4.76. The van der Waals surface area contributed by atoms with Gasteiger partial charge in [0.25, 0.3) is 0 Å². The standard InChI is InChI=1S/C19H16O6/c1-22-16(20)12-7-10-11(8-13(12)17(21)23-2)15-19-6-4-3-5-18(19,9-19)14(10)24-25-15/h3-8,14-15H,9H2,1-2H3/t14-,15+,18+,19-. The zero-order valence-electron chi connectivity index (χ0n) is 13.8. The van der Waals surface area contributed by atoms with Gasteiger partial charge < -0.3 is 9.47 Å². The largest absolute Gasteiger partial charge is 0.465 e. The first-order valence-corrected chi connectivity index (χ1v) is 8.11. The van der Waals surface area contributed by atoms with Crippen LogP contribution in [0.15, 0.2) is 36.4 Å². The number of methoxy groups -OCH3 is 2. The van der Waals surface area contributed by atoms with Crippen molar-refractivity contribution >= 4 is 11.9 Å². The van der Waals surface area contributed by atoms with Gasteiger partial charge in [-0.2, -0.15) is 0 Å². The van der Waals surface area contributed by atoms with Gasteiger partial charge in [0.2, 0.25) is 0 Å². The summed E-state index contributed by atoms with van der Waals surface area (Å²) < 4.78 is 9.68. The van der Waals surface area contributed by atoms with E-state index in [1.165, 1.54) is 14.2 Å². The molecule has 1 saturated heterocycles. The molecule has 2 bridgehead atoms. The fraction of sp³-hybridized carbons (Fsp3) is 0.368. The summed E-state index contributed by atoms with van der Waals surface area (Å²) in [6, 6.07) is 3.38. The molecular weight excluding hydrogens is 324 g/mol. The summed E-state index contributed by atoms with van der Waals surface area (Å²) in [5.74, 6) is -1.16. The van der Waals surface area contributed by atoms with Crippen LogP contribution in [0.5, 0.6) is 0 Å². The van der Waals surface area contributed by atoms with E-state index in [2.05, 4.69) is 12.2 Å². The maximum absolute atomic E-state index is 12.2. The fourth-order valence-corrected chi connectivity index (χ4v) is 4.76. The van der Waals surface area contributed by atoms with Crippen LogP contribution in [0.3, 0.4) is 0 Å². The molecule has 2 aliphatic heterocycles. The third-order valence-corrected chi connectivity index (χ3v) is 6.01. The van der Waals surface area contributed by atoms with E-state index in [-0.39, 0.29) is 34.2 Å². The first kappa shape index (κ1) is 14.9. The molecule has 0 radical (unpaired) electrons. The Morgan fingerprint density at radius 1 is 0.920 bits per heavy atom. The second kappa shape index (κ2) is 4.59. The molecule has 5 aliphatic rings. The van der Waals surface area contributed by atoms with Crippen molar-refractivity contribution in [3.8, 4) is 0 Å². The minimum atomic E-state index is -0.579. The van der Waals surface area contributed by atoms with E-state index in [9.17, 15) is 9.59 Å². The van der Waals surface area contributed by atoms with Crippen LogP contribution in [0, 0.1) is 10.8 Å². The van der Waals surface area contributed by atoms with Crippen molar-refractivity contribution in [3.05, 3.63) is 58.7 Å². The van der Waals surface area contributed by atoms with Crippen molar-refractivity contribution in [2.45, 2.75) is 18.6 Å². The maximum Gasteiger partial charge on any atom is 0.338 e. The number of fused-ring (bicyclic) bond motifs is 1. The Bertz CT molecular complexity index is 813. The van der Waals surface area contributed by atoms with Crippen LogP contribution >= 0.6 is 0 Å². The Labute approximate surface area is 143 Å². The smallest absolute Gasteiger partial charge is 0.338 e. The first-order chi connectivity index (χ1) is 12.1. The molecule has 6 rings (SSSR count). The summed E-state index contributed by atoms with van der Waals surface area (Å²) >= 11 is 0. The van der Waals surface area contributed by atoms with E-state index in [0.717, 1.165) is 17.5 Å². The van der Waals surface area contributed by atoms with Gasteiger partial charge in [-0.1, -0.05) is 24.3 Å². The molecule has 1 saturated carbocycles. The number of esters is 2. The molecule has 0 N–H and O–H groups in total. The lowest BCUT2D eigenvalue weighted by molar-refractivity contribution is -0.410. The number of hydrogen-bond acceptors (Lipinski definition) is 6. The summed E-state index contributed by atoms with van der Waals surface area (Å²) in [5.41, 5.74) is 1.83. The Morgan fingerprint density at radius 3 is 1.76 bits per heavy atom. The molecule has 25 heavy (non-hydrogen) atoms. The minimum Gasteiger partial charge on any atom is -0.465 e. The molecule has 0 amide bonds. The van der Waals surface area contributed by atoms with Crippen LogP contribution < -0.4 is 0 Å². The van der Waals surface area contributed by atoms with Crippen LogP contribution in [-0.4, -0.2) is 26.2 Å². The summed E-state index contributed by atoms with van der Waals surface area (Å²) in [6.07, 6.45) is 8.67. The number of benzene rings is 1. The van der Waals surface area contributed by atoms with Crippen LogP contribution in [-0.2, 0) is 19.2 Å². The van der Waals surface area contributed by atoms with Crippen LogP contribution in [0.2, 0.25) is 0 Å². The van der Waals surface area contributed by atoms with Crippen LogP contribution in [0.1, 0.15) is 50.5 Å². The van der Waals surface area contributed by atoms with E-state index in [1.807, 2.05) is 12.2 Å². The second-order valence-corrected chi connectivity index (χ2v) is 6.94. The molecule has 128 valence electrons. The van der Waals surface area contributed by atoms with E-state index in [4.69, 9.17) is 19.2 Å². The summed E-state index contributed by atoms with van der Waals surface area (Å²) in [6.45, 7) is 0.